The molecule has 4 rings (SSSR count). The number of urea groups is 1. The van der Waals surface area contributed by atoms with Crippen LogP contribution in [-0.2, 0) is 35.7 Å². The van der Waals surface area contributed by atoms with Crippen molar-refractivity contribution in [3.8, 4) is 0 Å². The zero-order chi connectivity index (χ0) is 17.4. The molecule has 2 aliphatic carbocycles. The lowest BCUT2D eigenvalue weighted by Gasteiger charge is -2.16. The fourth-order valence-electron chi connectivity index (χ4n) is 3.71. The van der Waals surface area contributed by atoms with Crippen molar-refractivity contribution < 1.29 is 13.2 Å². The van der Waals surface area contributed by atoms with Crippen LogP contribution in [0.25, 0.3) is 0 Å². The number of rotatable bonds is 3. The van der Waals surface area contributed by atoms with Gasteiger partial charge >= 0.3 is 6.03 Å². The molecule has 0 radical (unpaired) electrons. The number of amides is 2. The third-order valence-electron chi connectivity index (χ3n) is 4.79. The summed E-state index contributed by atoms with van der Waals surface area (Å²) in [5.74, 6) is 0. The molecule has 2 aromatic rings. The van der Waals surface area contributed by atoms with Crippen molar-refractivity contribution in [3.63, 3.8) is 0 Å². The number of benzene rings is 1. The van der Waals surface area contributed by atoms with Crippen LogP contribution in [0, 0.1) is 0 Å². The molecule has 0 fully saturated rings. The fourth-order valence-corrected chi connectivity index (χ4v) is 4.52. The summed E-state index contributed by atoms with van der Waals surface area (Å²) in [5, 5.41) is 2.80. The molecule has 0 atom stereocenters. The van der Waals surface area contributed by atoms with Gasteiger partial charge in [0.2, 0.25) is 0 Å². The van der Waals surface area contributed by atoms with Crippen molar-refractivity contribution in [2.45, 2.75) is 43.4 Å². The van der Waals surface area contributed by atoms with Crippen molar-refractivity contribution in [2.75, 3.05) is 5.32 Å². The van der Waals surface area contributed by atoms with Gasteiger partial charge in [0.25, 0.3) is 10.0 Å². The second-order valence-electron chi connectivity index (χ2n) is 6.37. The highest BCUT2D eigenvalue weighted by Crippen LogP contribution is 2.38. The molecule has 2 N–H and O–H groups in total. The maximum Gasteiger partial charge on any atom is 0.333 e. The number of aryl methyl sites for hydroxylation is 2. The van der Waals surface area contributed by atoms with Crippen LogP contribution >= 0.6 is 0 Å². The number of nitrogens with one attached hydrogen (secondary N) is 2. The number of nitrogens with zero attached hydrogens (tertiary/aromatic N) is 2. The Hall–Kier alpha value is -2.48. The maximum absolute atomic E-state index is 12.4. The summed E-state index contributed by atoms with van der Waals surface area (Å²) in [5.41, 5.74) is 5.65. The molecular weight excluding hydrogens is 340 g/mol. The minimum absolute atomic E-state index is 0.145. The van der Waals surface area contributed by atoms with Gasteiger partial charge in [0.05, 0.1) is 12.4 Å². The van der Waals surface area contributed by atoms with Crippen LogP contribution < -0.4 is 10.0 Å². The highest BCUT2D eigenvalue weighted by Gasteiger charge is 2.26. The first-order valence-corrected chi connectivity index (χ1v) is 9.78. The fraction of sp³-hybridized carbons (Fsp3) is 0.353. The largest absolute Gasteiger partial charge is 0.333 e. The van der Waals surface area contributed by atoms with E-state index in [4.69, 9.17) is 0 Å². The zero-order valence-corrected chi connectivity index (χ0v) is 14.4. The quantitative estimate of drug-likeness (QED) is 0.873. The average molecular weight is 358 g/mol. The van der Waals surface area contributed by atoms with Crippen LogP contribution in [0.5, 0.6) is 0 Å². The van der Waals surface area contributed by atoms with Crippen molar-refractivity contribution in [3.05, 3.63) is 47.0 Å². The Morgan fingerprint density at radius 3 is 2.16 bits per heavy atom. The van der Waals surface area contributed by atoms with Crippen LogP contribution in [0.2, 0.25) is 0 Å². The molecule has 1 aromatic heterocycles. The first kappa shape index (κ1) is 16.0. The molecule has 7 nitrogen and oxygen atoms in total. The van der Waals surface area contributed by atoms with E-state index in [2.05, 4.69) is 21.4 Å². The molecule has 0 aliphatic heterocycles. The van der Waals surface area contributed by atoms with E-state index in [1.807, 2.05) is 4.72 Å². The molecule has 1 heterocycles. The highest BCUT2D eigenvalue weighted by atomic mass is 32.2. The first-order valence-electron chi connectivity index (χ1n) is 8.30. The predicted molar refractivity (Wildman–Crippen MR) is 91.9 cm³/mol. The second kappa shape index (κ2) is 6.11. The van der Waals surface area contributed by atoms with E-state index in [-0.39, 0.29) is 4.90 Å². The number of hydrogen-bond acceptors (Lipinski definition) is 5. The van der Waals surface area contributed by atoms with Crippen LogP contribution in [0.4, 0.5) is 10.5 Å². The summed E-state index contributed by atoms with van der Waals surface area (Å²) in [4.78, 5) is 19.6. The summed E-state index contributed by atoms with van der Waals surface area (Å²) in [6, 6.07) is 1.50. The number of fused-ring (bicyclic) bond motifs is 2. The van der Waals surface area contributed by atoms with E-state index in [9.17, 15) is 13.2 Å². The number of sulfonamides is 1. The third kappa shape index (κ3) is 2.97. The third-order valence-corrected chi connectivity index (χ3v) is 6.07. The second-order valence-corrected chi connectivity index (χ2v) is 8.05. The zero-order valence-electron chi connectivity index (χ0n) is 13.6. The van der Waals surface area contributed by atoms with Gasteiger partial charge in [-0.05, 0) is 60.8 Å². The average Bonchev–Trinajstić information content (AvgIpc) is 3.24. The summed E-state index contributed by atoms with van der Waals surface area (Å²) in [7, 11) is -3.99. The number of carbonyl (C=O) groups is 1. The predicted octanol–water partition coefficient (Wildman–Crippen LogP) is 1.96. The van der Waals surface area contributed by atoms with E-state index in [1.54, 1.807) is 0 Å². The van der Waals surface area contributed by atoms with Gasteiger partial charge in [-0.15, -0.1) is 0 Å². The molecule has 130 valence electrons. The Morgan fingerprint density at radius 2 is 1.56 bits per heavy atom. The molecule has 1 aromatic carbocycles. The summed E-state index contributed by atoms with van der Waals surface area (Å²) in [6.45, 7) is 0. The van der Waals surface area contributed by atoms with Gasteiger partial charge in [-0.2, -0.15) is 0 Å². The van der Waals surface area contributed by atoms with Crippen molar-refractivity contribution in [1.29, 1.82) is 0 Å². The molecule has 0 unspecified atom stereocenters. The van der Waals surface area contributed by atoms with Crippen LogP contribution in [-0.4, -0.2) is 24.4 Å². The lowest BCUT2D eigenvalue weighted by atomic mass is 9.99. The minimum Gasteiger partial charge on any atom is -0.307 e. The number of anilines is 1. The van der Waals surface area contributed by atoms with Gasteiger partial charge in [0.1, 0.15) is 11.2 Å². The Morgan fingerprint density at radius 1 is 0.960 bits per heavy atom. The van der Waals surface area contributed by atoms with Crippen molar-refractivity contribution >= 4 is 21.7 Å². The molecule has 0 spiro atoms. The highest BCUT2D eigenvalue weighted by molar-refractivity contribution is 7.90. The normalized spacial score (nSPS) is 15.5. The molecule has 2 aliphatic rings. The van der Waals surface area contributed by atoms with Crippen LogP contribution in [0.3, 0.4) is 0 Å². The summed E-state index contributed by atoms with van der Waals surface area (Å²) in [6.07, 6.45) is 9.52. The molecule has 0 saturated carbocycles. The molecule has 0 saturated heterocycles. The Kier molecular flexibility index (Phi) is 3.91. The van der Waals surface area contributed by atoms with Gasteiger partial charge < -0.3 is 5.32 Å². The van der Waals surface area contributed by atoms with Crippen LogP contribution in [0.15, 0.2) is 29.7 Å². The van der Waals surface area contributed by atoms with Crippen molar-refractivity contribution in [1.82, 2.24) is 14.7 Å². The van der Waals surface area contributed by atoms with E-state index in [0.29, 0.717) is 0 Å². The molecule has 8 heteroatoms. The maximum atomic E-state index is 12.4. The number of hydrogen-bond donors (Lipinski definition) is 2. The monoisotopic (exact) mass is 358 g/mol. The molecular formula is C17H18N4O3S. The SMILES string of the molecule is O=C(Nc1c2c(cc3c1CCC3)CCC2)NS(=O)(=O)c1cncnc1. The topological polar surface area (TPSA) is 101 Å². The van der Waals surface area contributed by atoms with Crippen molar-refractivity contribution in [2.24, 2.45) is 0 Å². The Bertz CT molecular complexity index is 910. The summed E-state index contributed by atoms with van der Waals surface area (Å²) >= 11 is 0. The Labute approximate surface area is 145 Å². The minimum atomic E-state index is -3.99. The molecule has 0 bridgehead atoms. The summed E-state index contributed by atoms with van der Waals surface area (Å²) < 4.78 is 26.5. The number of carbonyl (C=O) groups excluding carboxylic acids is 1. The smallest absolute Gasteiger partial charge is 0.307 e. The van der Waals surface area contributed by atoms with Crippen LogP contribution in [0.1, 0.15) is 35.1 Å². The van der Waals surface area contributed by atoms with Gasteiger partial charge in [-0.3, -0.25) is 0 Å². The van der Waals surface area contributed by atoms with E-state index < -0.39 is 16.1 Å². The van der Waals surface area contributed by atoms with Gasteiger partial charge in [0.15, 0.2) is 0 Å². The molecule has 2 amide bonds. The lowest BCUT2D eigenvalue weighted by Crippen LogP contribution is -2.35. The van der Waals surface area contributed by atoms with Gasteiger partial charge in [-0.1, -0.05) is 6.07 Å². The van der Waals surface area contributed by atoms with Gasteiger partial charge in [0, 0.05) is 5.69 Å². The Balaban J connectivity index is 1.60. The van der Waals surface area contributed by atoms with Gasteiger partial charge in [-0.25, -0.2) is 27.9 Å². The molecule has 25 heavy (non-hydrogen) atoms. The van der Waals surface area contributed by atoms with E-state index >= 15 is 0 Å². The number of aromatic nitrogens is 2. The first-order chi connectivity index (χ1) is 12.0. The standard InChI is InChI=1S/C17H18N4O3S/c22-17(21-25(23,24)13-8-18-10-19-9-13)20-16-14-5-1-3-11(14)7-12-4-2-6-15(12)16/h7-10H,1-6H2,(H2,20,21,22). The van der Waals surface area contributed by atoms with E-state index in [0.717, 1.165) is 67.7 Å². The van der Waals surface area contributed by atoms with E-state index in [1.165, 1.54) is 17.5 Å². The lowest BCUT2D eigenvalue weighted by molar-refractivity contribution is 0.256.